The van der Waals surface area contributed by atoms with Crippen LogP contribution in [0.1, 0.15) is 271 Å². The molecule has 1 aliphatic heterocycles. The highest BCUT2D eigenvalue weighted by Gasteiger charge is 2.48. The zero-order valence-corrected chi connectivity index (χ0v) is 49.1. The summed E-state index contributed by atoms with van der Waals surface area (Å²) in [6.45, 7) is 3.92. The van der Waals surface area contributed by atoms with Gasteiger partial charge in [-0.1, -0.05) is 267 Å². The number of esters is 1. The summed E-state index contributed by atoms with van der Waals surface area (Å²) in [4.78, 5) is 13.0. The van der Waals surface area contributed by atoms with E-state index in [1.54, 1.807) is 0 Å². The maximum Gasteiger partial charge on any atom is 0.397 e. The number of hydrogen-bond acceptors (Lipinski definition) is 11. The quantitative estimate of drug-likeness (QED) is 0.0196. The van der Waals surface area contributed by atoms with Crippen molar-refractivity contribution in [2.75, 3.05) is 26.4 Å². The third-order valence-corrected chi connectivity index (χ3v) is 14.6. The van der Waals surface area contributed by atoms with Gasteiger partial charge in [-0.15, -0.1) is 0 Å². The minimum atomic E-state index is -5.07. The lowest BCUT2D eigenvalue weighted by Gasteiger charge is -2.41. The second-order valence-electron chi connectivity index (χ2n) is 21.3. The van der Waals surface area contributed by atoms with Crippen molar-refractivity contribution in [2.24, 2.45) is 0 Å². The van der Waals surface area contributed by atoms with Crippen LogP contribution in [0.2, 0.25) is 0 Å². The largest absolute Gasteiger partial charge is 0.457 e. The smallest absolute Gasteiger partial charge is 0.397 e. The monoisotopic (exact) mass is 1090 g/mol. The van der Waals surface area contributed by atoms with Crippen LogP contribution in [0, 0.1) is 0 Å². The van der Waals surface area contributed by atoms with Gasteiger partial charge in [-0.2, -0.15) is 8.42 Å². The van der Waals surface area contributed by atoms with Gasteiger partial charge in [0.2, 0.25) is 0 Å². The first kappa shape index (κ1) is 71.8. The van der Waals surface area contributed by atoms with E-state index < -0.39 is 59.8 Å². The standard InChI is InChI=1S/C63H114O12S/c1-3-5-7-9-11-13-15-17-19-21-23-25-27-28-29-31-33-35-37-39-41-43-45-47-49-51-53-71-55-57(56-72-63-61(67)62(75-76(68,69)70)60(66)58(54-64)74-63)73-59(65)52-50-48-46-44-42-40-38-36-34-32-30-26-24-22-20-18-16-14-12-10-8-6-4-2/h6,8,12,14,18,20,24,26,32,34,57-58,60-64,66-67H,3-5,7,9-11,13,15-17,19,21-23,25,27-31,33,35-56H2,1-2H3,(H,68,69,70)/b8-6-,14-12-,20-18-,26-24-,34-32-. The zero-order chi connectivity index (χ0) is 55.3. The van der Waals surface area contributed by atoms with Crippen LogP contribution in [0.5, 0.6) is 0 Å². The van der Waals surface area contributed by atoms with Crippen LogP contribution < -0.4 is 0 Å². The SMILES string of the molecule is CC/C=C\C/C=C\C/C=C\C/C=C\C/C=C\CCCCCCCCCC(=O)OC(COCCCCCCCCCCCCCCCCCCCCCCCCCCCC)COC1OC(CO)C(O)C(OS(=O)(=O)O)C1O. The normalized spacial score (nSPS) is 18.9. The molecule has 0 aromatic rings. The molecule has 1 aliphatic rings. The molecule has 12 nitrogen and oxygen atoms in total. The lowest BCUT2D eigenvalue weighted by molar-refractivity contribution is -0.301. The van der Waals surface area contributed by atoms with Crippen molar-refractivity contribution in [3.05, 3.63) is 60.8 Å². The van der Waals surface area contributed by atoms with Crippen molar-refractivity contribution >= 4 is 16.4 Å². The molecule has 0 saturated carbocycles. The number of aliphatic hydroxyl groups excluding tert-OH is 3. The first-order chi connectivity index (χ1) is 37.1. The van der Waals surface area contributed by atoms with Crippen molar-refractivity contribution < 1.29 is 56.2 Å². The maximum absolute atomic E-state index is 13.0. The average Bonchev–Trinajstić information content (AvgIpc) is 3.40. The number of carbonyl (C=O) groups is 1. The van der Waals surface area contributed by atoms with Gasteiger partial charge in [-0.25, -0.2) is 4.18 Å². The third kappa shape index (κ3) is 45.6. The van der Waals surface area contributed by atoms with E-state index in [1.807, 2.05) is 0 Å². The first-order valence-corrected chi connectivity index (χ1v) is 32.4. The molecule has 0 amide bonds. The summed E-state index contributed by atoms with van der Waals surface area (Å²) in [6.07, 6.45) is 61.2. The molecule has 0 aliphatic carbocycles. The number of hydrogen-bond donors (Lipinski definition) is 4. The highest BCUT2D eigenvalue weighted by atomic mass is 32.3. The van der Waals surface area contributed by atoms with Crippen molar-refractivity contribution in [3.8, 4) is 0 Å². The molecule has 1 heterocycles. The van der Waals surface area contributed by atoms with Gasteiger partial charge in [0.15, 0.2) is 6.29 Å². The highest BCUT2D eigenvalue weighted by molar-refractivity contribution is 7.80. The summed E-state index contributed by atoms with van der Waals surface area (Å²) in [6, 6.07) is 0. The van der Waals surface area contributed by atoms with Gasteiger partial charge in [0.05, 0.1) is 19.8 Å². The predicted molar refractivity (Wildman–Crippen MR) is 313 cm³/mol. The van der Waals surface area contributed by atoms with E-state index in [4.69, 9.17) is 18.9 Å². The Morgan fingerprint density at radius 1 is 0.513 bits per heavy atom. The van der Waals surface area contributed by atoms with Gasteiger partial charge in [0.25, 0.3) is 0 Å². The molecule has 444 valence electrons. The number of ether oxygens (including phenoxy) is 4. The van der Waals surface area contributed by atoms with Crippen LogP contribution in [-0.4, -0.2) is 97.5 Å². The van der Waals surface area contributed by atoms with Crippen LogP contribution in [0.3, 0.4) is 0 Å². The van der Waals surface area contributed by atoms with Gasteiger partial charge in [-0.3, -0.25) is 9.35 Å². The number of allylic oxidation sites excluding steroid dienone is 10. The molecule has 13 heteroatoms. The van der Waals surface area contributed by atoms with Gasteiger partial charge in [0, 0.05) is 13.0 Å². The van der Waals surface area contributed by atoms with E-state index in [9.17, 15) is 33.1 Å². The Kier molecular flexibility index (Phi) is 50.5. The minimum absolute atomic E-state index is 0.0324. The molecule has 1 saturated heterocycles. The number of unbranched alkanes of at least 4 members (excludes halogenated alkanes) is 32. The van der Waals surface area contributed by atoms with Crippen LogP contribution in [0.4, 0.5) is 0 Å². The van der Waals surface area contributed by atoms with E-state index in [-0.39, 0.29) is 19.6 Å². The summed E-state index contributed by atoms with van der Waals surface area (Å²) in [5.41, 5.74) is 0. The molecule has 0 bridgehead atoms. The zero-order valence-electron chi connectivity index (χ0n) is 48.3. The molecule has 1 rings (SSSR count). The molecule has 0 radical (unpaired) electrons. The Morgan fingerprint density at radius 3 is 1.33 bits per heavy atom. The van der Waals surface area contributed by atoms with Crippen LogP contribution >= 0.6 is 0 Å². The Balaban J connectivity index is 2.26. The molecule has 0 aromatic carbocycles. The molecule has 0 aromatic heterocycles. The fourth-order valence-corrected chi connectivity index (χ4v) is 10.0. The second kappa shape index (κ2) is 53.4. The van der Waals surface area contributed by atoms with Gasteiger partial charge < -0.3 is 34.3 Å². The molecule has 1 fully saturated rings. The van der Waals surface area contributed by atoms with Gasteiger partial charge >= 0.3 is 16.4 Å². The molecule has 0 spiro atoms. The number of rotatable bonds is 55. The molecule has 6 atom stereocenters. The van der Waals surface area contributed by atoms with E-state index in [1.165, 1.54) is 161 Å². The van der Waals surface area contributed by atoms with Crippen LogP contribution in [0.25, 0.3) is 0 Å². The Labute approximate surface area is 465 Å². The van der Waals surface area contributed by atoms with Crippen molar-refractivity contribution in [2.45, 2.75) is 307 Å². The summed E-state index contributed by atoms with van der Waals surface area (Å²) >= 11 is 0. The molecule has 6 unspecified atom stereocenters. The molecule has 76 heavy (non-hydrogen) atoms. The molecule has 4 N–H and O–H groups in total. The Hall–Kier alpha value is -2.20. The minimum Gasteiger partial charge on any atom is -0.457 e. The number of carbonyl (C=O) groups excluding carboxylic acids is 1. The second-order valence-corrected chi connectivity index (χ2v) is 22.3. The average molecular weight is 1100 g/mol. The Bertz CT molecular complexity index is 1550. The topological polar surface area (TPSA) is 178 Å². The van der Waals surface area contributed by atoms with E-state index in [2.05, 4.69) is 78.8 Å². The fraction of sp³-hybridized carbons (Fsp3) is 0.825. The van der Waals surface area contributed by atoms with Gasteiger partial charge in [-0.05, 0) is 57.8 Å². The molecular formula is C63H114O12S. The van der Waals surface area contributed by atoms with Crippen molar-refractivity contribution in [1.82, 2.24) is 0 Å². The summed E-state index contributed by atoms with van der Waals surface area (Å²) in [5, 5.41) is 30.9. The van der Waals surface area contributed by atoms with Crippen molar-refractivity contribution in [1.29, 1.82) is 0 Å². The van der Waals surface area contributed by atoms with Crippen LogP contribution in [-0.2, 0) is 38.3 Å². The number of aliphatic hydroxyl groups is 3. The summed E-state index contributed by atoms with van der Waals surface area (Å²) in [5.74, 6) is -0.407. The summed E-state index contributed by atoms with van der Waals surface area (Å²) < 4.78 is 59.5. The first-order valence-electron chi connectivity index (χ1n) is 31.0. The van der Waals surface area contributed by atoms with E-state index >= 15 is 0 Å². The third-order valence-electron chi connectivity index (χ3n) is 14.2. The Morgan fingerprint density at radius 2 is 0.908 bits per heavy atom. The predicted octanol–water partition coefficient (Wildman–Crippen LogP) is 16.0. The van der Waals surface area contributed by atoms with Gasteiger partial charge in [0.1, 0.15) is 30.5 Å². The summed E-state index contributed by atoms with van der Waals surface area (Å²) in [7, 11) is -5.07. The van der Waals surface area contributed by atoms with E-state index in [0.717, 1.165) is 83.5 Å². The highest BCUT2D eigenvalue weighted by Crippen LogP contribution is 2.26. The fourth-order valence-electron chi connectivity index (χ4n) is 9.53. The van der Waals surface area contributed by atoms with Crippen LogP contribution in [0.15, 0.2) is 60.8 Å². The molecular weight excluding hydrogens is 981 g/mol. The maximum atomic E-state index is 13.0. The van der Waals surface area contributed by atoms with E-state index in [0.29, 0.717) is 13.0 Å². The lowest BCUT2D eigenvalue weighted by atomic mass is 9.99. The lowest BCUT2D eigenvalue weighted by Crippen LogP contribution is -2.60. The van der Waals surface area contributed by atoms with Crippen molar-refractivity contribution in [3.63, 3.8) is 0 Å².